The third kappa shape index (κ3) is 4.87. The van der Waals surface area contributed by atoms with Crippen LogP contribution in [-0.4, -0.2) is 37.1 Å². The van der Waals surface area contributed by atoms with Crippen LogP contribution in [-0.2, 0) is 17.6 Å². The standard InChI is InChI=1S/C24H25ClN6O2S2/c1-24(2,3)14-6-9-16-17(10-14)35-22-19(16)20-28-30-23(31(20)12-26-22)34-11-18(32)27-29-21(33)13-4-7-15(25)8-5-13/h4-5,7-8,12,14H,6,9-11H2,1-3H3,(H,27,32)(H,29,33). The number of aryl methyl sites for hydroxylation is 1. The monoisotopic (exact) mass is 528 g/mol. The van der Waals surface area contributed by atoms with Crippen LogP contribution in [0.25, 0.3) is 15.9 Å². The van der Waals surface area contributed by atoms with Gasteiger partial charge in [-0.3, -0.25) is 24.8 Å². The van der Waals surface area contributed by atoms with Gasteiger partial charge in [0.05, 0.1) is 11.1 Å². The second-order valence-corrected chi connectivity index (χ2v) is 12.2. The molecule has 1 aromatic carbocycles. The molecular formula is C24H25ClN6O2S2. The first kappa shape index (κ1) is 24.0. The summed E-state index contributed by atoms with van der Waals surface area (Å²) in [6.45, 7) is 6.94. The molecule has 1 unspecified atom stereocenters. The van der Waals surface area contributed by atoms with E-state index >= 15 is 0 Å². The third-order valence-electron chi connectivity index (χ3n) is 6.40. The highest BCUT2D eigenvalue weighted by atomic mass is 35.5. The van der Waals surface area contributed by atoms with Gasteiger partial charge >= 0.3 is 0 Å². The molecule has 1 aliphatic carbocycles. The van der Waals surface area contributed by atoms with Gasteiger partial charge in [-0.05, 0) is 60.4 Å². The molecule has 0 aliphatic heterocycles. The molecule has 0 bridgehead atoms. The van der Waals surface area contributed by atoms with E-state index in [-0.39, 0.29) is 17.1 Å². The highest BCUT2D eigenvalue weighted by Gasteiger charge is 2.32. The van der Waals surface area contributed by atoms with Crippen LogP contribution >= 0.6 is 34.7 Å². The Morgan fingerprint density at radius 2 is 1.97 bits per heavy atom. The zero-order valence-corrected chi connectivity index (χ0v) is 22.0. The van der Waals surface area contributed by atoms with Crippen LogP contribution in [0.2, 0.25) is 5.02 Å². The van der Waals surface area contributed by atoms with Gasteiger partial charge in [-0.25, -0.2) is 4.98 Å². The van der Waals surface area contributed by atoms with Crippen molar-refractivity contribution in [1.29, 1.82) is 0 Å². The fourth-order valence-corrected chi connectivity index (χ4v) is 6.45. The van der Waals surface area contributed by atoms with E-state index in [4.69, 9.17) is 11.6 Å². The van der Waals surface area contributed by atoms with Crippen LogP contribution in [0.15, 0.2) is 35.7 Å². The van der Waals surface area contributed by atoms with Crippen LogP contribution in [0.5, 0.6) is 0 Å². The third-order valence-corrected chi connectivity index (χ3v) is 8.76. The molecule has 35 heavy (non-hydrogen) atoms. The Hall–Kier alpha value is -2.69. The van der Waals surface area contributed by atoms with Gasteiger partial charge in [-0.1, -0.05) is 44.1 Å². The molecular weight excluding hydrogens is 504 g/mol. The molecule has 8 nitrogen and oxygen atoms in total. The first-order valence-electron chi connectivity index (χ1n) is 11.3. The summed E-state index contributed by atoms with van der Waals surface area (Å²) in [6.07, 6.45) is 4.97. The van der Waals surface area contributed by atoms with Crippen LogP contribution in [0, 0.1) is 11.3 Å². The summed E-state index contributed by atoms with van der Waals surface area (Å²) in [4.78, 5) is 31.5. The van der Waals surface area contributed by atoms with E-state index in [1.807, 2.05) is 4.40 Å². The number of nitrogens with one attached hydrogen (secondary N) is 2. The minimum Gasteiger partial charge on any atom is -0.272 e. The van der Waals surface area contributed by atoms with Gasteiger partial charge < -0.3 is 0 Å². The lowest BCUT2D eigenvalue weighted by Crippen LogP contribution is -2.42. The number of hydrogen-bond donors (Lipinski definition) is 2. The molecule has 2 N–H and O–H groups in total. The maximum atomic E-state index is 12.3. The molecule has 5 rings (SSSR count). The van der Waals surface area contributed by atoms with Crippen LogP contribution in [0.1, 0.15) is 48.0 Å². The fourth-order valence-electron chi connectivity index (χ4n) is 4.36. The minimum atomic E-state index is -0.421. The Kier molecular flexibility index (Phi) is 6.45. The number of carbonyl (C=O) groups excluding carboxylic acids is 2. The molecule has 0 radical (unpaired) electrons. The molecule has 0 saturated heterocycles. The van der Waals surface area contributed by atoms with E-state index in [0.29, 0.717) is 21.7 Å². The Bertz CT molecular complexity index is 1420. The summed E-state index contributed by atoms with van der Waals surface area (Å²) in [7, 11) is 0. The lowest BCUT2D eigenvalue weighted by molar-refractivity contribution is -0.119. The largest absolute Gasteiger partial charge is 0.272 e. The molecule has 0 saturated carbocycles. The summed E-state index contributed by atoms with van der Waals surface area (Å²) in [5.74, 6) is -0.0594. The molecule has 4 aromatic rings. The van der Waals surface area contributed by atoms with Crippen molar-refractivity contribution in [3.63, 3.8) is 0 Å². The normalized spacial score (nSPS) is 15.8. The van der Waals surface area contributed by atoms with Gasteiger partial charge in [0.25, 0.3) is 5.91 Å². The van der Waals surface area contributed by atoms with E-state index in [1.165, 1.54) is 22.2 Å². The van der Waals surface area contributed by atoms with E-state index in [1.54, 1.807) is 41.9 Å². The number of rotatable bonds is 4. The molecule has 11 heteroatoms. The summed E-state index contributed by atoms with van der Waals surface area (Å²) in [5, 5.41) is 10.9. The Balaban J connectivity index is 1.27. The van der Waals surface area contributed by atoms with Crippen molar-refractivity contribution in [2.45, 2.75) is 45.2 Å². The molecule has 1 aliphatic rings. The first-order valence-corrected chi connectivity index (χ1v) is 13.5. The van der Waals surface area contributed by atoms with E-state index in [9.17, 15) is 9.59 Å². The number of amides is 2. The summed E-state index contributed by atoms with van der Waals surface area (Å²) in [6, 6.07) is 6.40. The van der Waals surface area contributed by atoms with Gasteiger partial charge in [0.2, 0.25) is 5.91 Å². The second kappa shape index (κ2) is 9.40. The van der Waals surface area contributed by atoms with Gasteiger partial charge in [-0.15, -0.1) is 21.5 Å². The average molecular weight is 529 g/mol. The Labute approximate surface area is 215 Å². The number of carbonyl (C=O) groups is 2. The van der Waals surface area contributed by atoms with Gasteiger partial charge in [0, 0.05) is 15.5 Å². The number of fused-ring (bicyclic) bond motifs is 5. The van der Waals surface area contributed by atoms with Crippen molar-refractivity contribution in [1.82, 2.24) is 30.4 Å². The number of halogens is 1. The molecule has 0 spiro atoms. The Morgan fingerprint density at radius 3 is 2.71 bits per heavy atom. The van der Waals surface area contributed by atoms with Crippen LogP contribution < -0.4 is 10.9 Å². The van der Waals surface area contributed by atoms with Crippen molar-refractivity contribution in [3.05, 3.63) is 51.6 Å². The van der Waals surface area contributed by atoms with Crippen LogP contribution in [0.4, 0.5) is 0 Å². The minimum absolute atomic E-state index is 0.0642. The zero-order chi connectivity index (χ0) is 24.7. The molecule has 2 amide bonds. The van der Waals surface area contributed by atoms with Gasteiger partial charge in [-0.2, -0.15) is 0 Å². The highest BCUT2D eigenvalue weighted by molar-refractivity contribution is 7.99. The molecule has 0 fully saturated rings. The summed E-state index contributed by atoms with van der Waals surface area (Å²) < 4.78 is 1.84. The van der Waals surface area contributed by atoms with E-state index in [0.717, 1.165) is 35.1 Å². The lowest BCUT2D eigenvalue weighted by Gasteiger charge is -2.33. The van der Waals surface area contributed by atoms with Crippen molar-refractivity contribution in [3.8, 4) is 0 Å². The number of aromatic nitrogens is 4. The predicted molar refractivity (Wildman–Crippen MR) is 139 cm³/mol. The van der Waals surface area contributed by atoms with Gasteiger partial charge in [0.1, 0.15) is 11.2 Å². The first-order chi connectivity index (χ1) is 16.7. The van der Waals surface area contributed by atoms with Crippen molar-refractivity contribution < 1.29 is 9.59 Å². The maximum Gasteiger partial charge on any atom is 0.269 e. The topological polar surface area (TPSA) is 101 Å². The average Bonchev–Trinajstić information content (AvgIpc) is 3.41. The van der Waals surface area contributed by atoms with E-state index < -0.39 is 5.91 Å². The van der Waals surface area contributed by atoms with E-state index in [2.05, 4.69) is 46.8 Å². The molecule has 3 heterocycles. The second-order valence-electron chi connectivity index (χ2n) is 9.71. The van der Waals surface area contributed by atoms with Crippen molar-refractivity contribution in [2.75, 3.05) is 5.75 Å². The summed E-state index contributed by atoms with van der Waals surface area (Å²) >= 11 is 8.83. The number of hydrogen-bond acceptors (Lipinski definition) is 7. The number of benzene rings is 1. The quantitative estimate of drug-likeness (QED) is 0.294. The fraction of sp³-hybridized carbons (Fsp3) is 0.375. The van der Waals surface area contributed by atoms with Gasteiger partial charge in [0.15, 0.2) is 10.8 Å². The lowest BCUT2D eigenvalue weighted by atomic mass is 9.72. The molecule has 182 valence electrons. The number of thiophene rings is 1. The maximum absolute atomic E-state index is 12.3. The Morgan fingerprint density at radius 1 is 1.20 bits per heavy atom. The highest BCUT2D eigenvalue weighted by Crippen LogP contribution is 2.43. The predicted octanol–water partition coefficient (Wildman–Crippen LogP) is 4.70. The molecule has 1 atom stereocenters. The summed E-state index contributed by atoms with van der Waals surface area (Å²) in [5.41, 5.74) is 7.63. The van der Waals surface area contributed by atoms with Crippen molar-refractivity contribution in [2.24, 2.45) is 11.3 Å². The zero-order valence-electron chi connectivity index (χ0n) is 19.6. The van der Waals surface area contributed by atoms with Crippen molar-refractivity contribution >= 4 is 62.4 Å². The SMILES string of the molecule is CC(C)(C)C1CCc2c(sc3ncn4c(SCC(=O)NNC(=O)c5ccc(Cl)cc5)nnc4c23)C1. The number of hydrazine groups is 1. The number of nitrogens with zero attached hydrogens (tertiary/aromatic N) is 4. The molecule has 3 aromatic heterocycles. The smallest absolute Gasteiger partial charge is 0.269 e. The number of thioether (sulfide) groups is 1. The van der Waals surface area contributed by atoms with Crippen LogP contribution in [0.3, 0.4) is 0 Å².